The van der Waals surface area contributed by atoms with E-state index in [2.05, 4.69) is 26.6 Å². The fraction of sp³-hybridized carbons (Fsp3) is 0.222. The maximum Gasteiger partial charge on any atom is 0.376 e. The van der Waals surface area contributed by atoms with Gasteiger partial charge in [0.15, 0.2) is 0 Å². The number of aromatic nitrogens is 2. The summed E-state index contributed by atoms with van der Waals surface area (Å²) >= 11 is 5.57. The average Bonchev–Trinajstić information content (AvgIpc) is 2.25. The fourth-order valence-electron chi connectivity index (χ4n) is 0.833. The third kappa shape index (κ3) is 3.55. The van der Waals surface area contributed by atoms with Gasteiger partial charge in [-0.1, -0.05) is 18.2 Å². The van der Waals surface area contributed by atoms with Crippen molar-refractivity contribution in [1.29, 1.82) is 0 Å². The molecule has 1 aromatic rings. The van der Waals surface area contributed by atoms with Gasteiger partial charge in [-0.25, -0.2) is 14.8 Å². The average molecular weight is 228 g/mol. The number of methoxy groups -OCH3 is 1. The number of halogens is 1. The third-order valence-corrected chi connectivity index (χ3v) is 1.62. The largest absolute Gasteiger partial charge is 0.463 e. The molecule has 1 N–H and O–H groups in total. The van der Waals surface area contributed by atoms with Crippen LogP contribution in [0.3, 0.4) is 0 Å². The minimum Gasteiger partial charge on any atom is -0.463 e. The molecule has 15 heavy (non-hydrogen) atoms. The number of anilines is 1. The van der Waals surface area contributed by atoms with Gasteiger partial charge in [-0.3, -0.25) is 0 Å². The number of carbonyl (C=O) groups is 1. The van der Waals surface area contributed by atoms with Gasteiger partial charge in [0.05, 0.1) is 13.7 Å². The number of ether oxygens (including phenoxy) is 1. The van der Waals surface area contributed by atoms with E-state index in [-0.39, 0.29) is 5.82 Å². The fourth-order valence-corrected chi connectivity index (χ4v) is 0.900. The molecule has 0 saturated carbocycles. The summed E-state index contributed by atoms with van der Waals surface area (Å²) in [6.45, 7) is 3.89. The Bertz CT molecular complexity index is 381. The highest BCUT2D eigenvalue weighted by atomic mass is 35.5. The Morgan fingerprint density at radius 3 is 3.07 bits per heavy atom. The molecule has 0 fully saturated rings. The highest BCUT2D eigenvalue weighted by molar-refractivity contribution is 6.29. The summed E-state index contributed by atoms with van der Waals surface area (Å²) < 4.78 is 4.48. The van der Waals surface area contributed by atoms with Crippen molar-refractivity contribution in [3.8, 4) is 0 Å². The predicted molar refractivity (Wildman–Crippen MR) is 56.9 cm³/mol. The van der Waals surface area contributed by atoms with E-state index in [1.807, 2.05) is 0 Å². The highest BCUT2D eigenvalue weighted by Crippen LogP contribution is 2.05. The molecule has 6 heteroatoms. The Hall–Kier alpha value is -1.62. The van der Waals surface area contributed by atoms with Crippen molar-refractivity contribution in [3.63, 3.8) is 0 Å². The van der Waals surface area contributed by atoms with Crippen LogP contribution < -0.4 is 5.32 Å². The first kappa shape index (κ1) is 11.5. The van der Waals surface area contributed by atoms with Gasteiger partial charge in [-0.15, -0.1) is 0 Å². The van der Waals surface area contributed by atoms with E-state index in [0.717, 1.165) is 0 Å². The zero-order valence-corrected chi connectivity index (χ0v) is 8.91. The quantitative estimate of drug-likeness (QED) is 0.789. The lowest BCUT2D eigenvalue weighted by Gasteiger charge is -2.04. The van der Waals surface area contributed by atoms with Crippen LogP contribution in [0.15, 0.2) is 23.9 Å². The van der Waals surface area contributed by atoms with E-state index in [4.69, 9.17) is 11.6 Å². The molecule has 1 rings (SSSR count). The molecule has 0 atom stereocenters. The van der Waals surface area contributed by atoms with Gasteiger partial charge < -0.3 is 10.1 Å². The summed E-state index contributed by atoms with van der Waals surface area (Å²) in [5.41, 5.74) is 0. The Kier molecular flexibility index (Phi) is 4.05. The summed E-state index contributed by atoms with van der Waals surface area (Å²) in [6.07, 6.45) is 1.46. The van der Waals surface area contributed by atoms with Gasteiger partial charge in [0.25, 0.3) is 0 Å². The summed E-state index contributed by atoms with van der Waals surface area (Å²) in [7, 11) is 1.27. The monoisotopic (exact) mass is 227 g/mol. The summed E-state index contributed by atoms with van der Waals surface area (Å²) in [4.78, 5) is 18.8. The standard InChI is InChI=1S/C9H10ClN3O2/c1-6(10)5-12-7-3-4-11-8(13-7)9(14)15-2/h3-4H,1,5H2,2H3,(H,11,12,13). The molecule has 0 aromatic carbocycles. The first-order chi connectivity index (χ1) is 7.13. The van der Waals surface area contributed by atoms with E-state index in [1.54, 1.807) is 6.07 Å². The molecule has 0 bridgehead atoms. The van der Waals surface area contributed by atoms with Crippen LogP contribution in [-0.4, -0.2) is 29.6 Å². The molecular formula is C9H10ClN3O2. The molecule has 0 amide bonds. The number of rotatable bonds is 4. The number of hydrogen-bond donors (Lipinski definition) is 1. The second kappa shape index (κ2) is 5.31. The van der Waals surface area contributed by atoms with Crippen LogP contribution in [0.25, 0.3) is 0 Å². The van der Waals surface area contributed by atoms with E-state index >= 15 is 0 Å². The maximum atomic E-state index is 11.1. The molecule has 0 unspecified atom stereocenters. The molecule has 0 saturated heterocycles. The Labute approximate surface area is 92.1 Å². The van der Waals surface area contributed by atoms with Gasteiger partial charge >= 0.3 is 5.97 Å². The summed E-state index contributed by atoms with van der Waals surface area (Å²) in [6, 6.07) is 1.62. The van der Waals surface area contributed by atoms with Crippen molar-refractivity contribution in [1.82, 2.24) is 9.97 Å². The normalized spacial score (nSPS) is 9.47. The maximum absolute atomic E-state index is 11.1. The lowest BCUT2D eigenvalue weighted by atomic mass is 10.5. The second-order valence-electron chi connectivity index (χ2n) is 2.63. The minimum atomic E-state index is -0.580. The molecule has 0 aliphatic rings. The van der Waals surface area contributed by atoms with Gasteiger partial charge in [0, 0.05) is 11.2 Å². The van der Waals surface area contributed by atoms with E-state index in [0.29, 0.717) is 17.4 Å². The first-order valence-corrected chi connectivity index (χ1v) is 4.50. The zero-order valence-electron chi connectivity index (χ0n) is 8.16. The number of esters is 1. The lowest BCUT2D eigenvalue weighted by Crippen LogP contribution is -2.10. The van der Waals surface area contributed by atoms with Crippen LogP contribution in [0.1, 0.15) is 10.6 Å². The van der Waals surface area contributed by atoms with Crippen LogP contribution in [0.5, 0.6) is 0 Å². The van der Waals surface area contributed by atoms with Gasteiger partial charge in [-0.2, -0.15) is 0 Å². The number of nitrogens with zero attached hydrogens (tertiary/aromatic N) is 2. The third-order valence-electron chi connectivity index (χ3n) is 1.48. The Morgan fingerprint density at radius 2 is 2.47 bits per heavy atom. The van der Waals surface area contributed by atoms with Crippen LogP contribution in [-0.2, 0) is 4.74 Å². The molecule has 0 radical (unpaired) electrons. The molecule has 80 valence electrons. The molecule has 0 aliphatic heterocycles. The zero-order chi connectivity index (χ0) is 11.3. The number of carbonyl (C=O) groups excluding carboxylic acids is 1. The van der Waals surface area contributed by atoms with Crippen LogP contribution in [0, 0.1) is 0 Å². The topological polar surface area (TPSA) is 64.1 Å². The van der Waals surface area contributed by atoms with Crippen molar-refractivity contribution in [2.24, 2.45) is 0 Å². The molecule has 5 nitrogen and oxygen atoms in total. The smallest absolute Gasteiger partial charge is 0.376 e. The van der Waals surface area contributed by atoms with Gasteiger partial charge in [0.2, 0.25) is 5.82 Å². The molecule has 0 aliphatic carbocycles. The molecular weight excluding hydrogens is 218 g/mol. The van der Waals surface area contributed by atoms with Crippen LogP contribution in [0.4, 0.5) is 5.82 Å². The highest BCUT2D eigenvalue weighted by Gasteiger charge is 2.08. The summed E-state index contributed by atoms with van der Waals surface area (Å²) in [5.74, 6) is -0.0850. The minimum absolute atomic E-state index is 0.00249. The Balaban J connectivity index is 2.74. The van der Waals surface area contributed by atoms with Crippen molar-refractivity contribution < 1.29 is 9.53 Å². The lowest BCUT2D eigenvalue weighted by molar-refractivity contribution is 0.0587. The Morgan fingerprint density at radius 1 is 1.73 bits per heavy atom. The van der Waals surface area contributed by atoms with E-state index < -0.39 is 5.97 Å². The molecule has 0 spiro atoms. The van der Waals surface area contributed by atoms with E-state index in [9.17, 15) is 4.79 Å². The van der Waals surface area contributed by atoms with Crippen molar-refractivity contribution in [3.05, 3.63) is 29.7 Å². The van der Waals surface area contributed by atoms with Crippen molar-refractivity contribution in [2.45, 2.75) is 0 Å². The predicted octanol–water partition coefficient (Wildman–Crippen LogP) is 1.43. The second-order valence-corrected chi connectivity index (χ2v) is 3.16. The van der Waals surface area contributed by atoms with Gasteiger partial charge in [-0.05, 0) is 6.07 Å². The van der Waals surface area contributed by atoms with Crippen LogP contribution in [0.2, 0.25) is 0 Å². The van der Waals surface area contributed by atoms with Gasteiger partial charge in [0.1, 0.15) is 5.82 Å². The molecule has 1 heterocycles. The van der Waals surface area contributed by atoms with E-state index in [1.165, 1.54) is 13.3 Å². The van der Waals surface area contributed by atoms with Crippen molar-refractivity contribution in [2.75, 3.05) is 19.0 Å². The first-order valence-electron chi connectivity index (χ1n) is 4.12. The number of hydrogen-bond acceptors (Lipinski definition) is 5. The SMILES string of the molecule is C=C(Cl)CNc1ccnc(C(=O)OC)n1. The van der Waals surface area contributed by atoms with Crippen LogP contribution >= 0.6 is 11.6 Å². The summed E-state index contributed by atoms with van der Waals surface area (Å²) in [5, 5.41) is 3.33. The molecule has 1 aromatic heterocycles. The van der Waals surface area contributed by atoms with Crippen molar-refractivity contribution >= 4 is 23.4 Å². The number of nitrogens with one attached hydrogen (secondary N) is 1.